The summed E-state index contributed by atoms with van der Waals surface area (Å²) < 4.78 is 0.678. The first-order valence-electron chi connectivity index (χ1n) is 2.88. The van der Waals surface area contributed by atoms with E-state index in [-0.39, 0.29) is 0 Å². The van der Waals surface area contributed by atoms with Crippen molar-refractivity contribution in [3.05, 3.63) is 21.0 Å². The minimum Gasteiger partial charge on any atom is -0.530 e. The Morgan fingerprint density at radius 3 is 2.92 bits per heavy atom. The van der Waals surface area contributed by atoms with Crippen LogP contribution in [0, 0.1) is 3.57 Å². The molecular formula is C6H3ClIN2O2-. The van der Waals surface area contributed by atoms with Gasteiger partial charge in [0.15, 0.2) is 0 Å². The third-order valence-corrected chi connectivity index (χ3v) is 2.16. The molecule has 1 aromatic rings. The second-order valence-corrected chi connectivity index (χ2v) is 3.45. The van der Waals surface area contributed by atoms with Gasteiger partial charge in [0.25, 0.3) is 0 Å². The molecule has 6 heteroatoms. The maximum atomic E-state index is 10.1. The van der Waals surface area contributed by atoms with Gasteiger partial charge in [0, 0.05) is 3.57 Å². The molecule has 0 radical (unpaired) electrons. The van der Waals surface area contributed by atoms with Crippen LogP contribution in [0.4, 0.5) is 10.5 Å². The number of carbonyl (C=O) groups is 1. The lowest BCUT2D eigenvalue weighted by Gasteiger charge is -2.07. The Balaban J connectivity index is 2.93. The van der Waals surface area contributed by atoms with Gasteiger partial charge in [0.05, 0.1) is 11.9 Å². The number of carboxylic acid groups (broad SMARTS) is 1. The van der Waals surface area contributed by atoms with Gasteiger partial charge in [0.2, 0.25) is 0 Å². The molecule has 64 valence electrons. The van der Waals surface area contributed by atoms with Crippen molar-refractivity contribution < 1.29 is 9.90 Å². The van der Waals surface area contributed by atoms with Crippen molar-refractivity contribution in [2.75, 3.05) is 5.32 Å². The average molecular weight is 297 g/mol. The molecule has 0 saturated heterocycles. The van der Waals surface area contributed by atoms with E-state index in [2.05, 4.69) is 10.3 Å². The fourth-order valence-corrected chi connectivity index (χ4v) is 1.52. The van der Waals surface area contributed by atoms with Gasteiger partial charge in [-0.2, -0.15) is 0 Å². The molecule has 1 rings (SSSR count). The van der Waals surface area contributed by atoms with Crippen LogP contribution < -0.4 is 10.4 Å². The van der Waals surface area contributed by atoms with Gasteiger partial charge in [-0.15, -0.1) is 0 Å². The van der Waals surface area contributed by atoms with Gasteiger partial charge in [0.1, 0.15) is 11.2 Å². The highest BCUT2D eigenvalue weighted by Crippen LogP contribution is 2.19. The number of hydrogen-bond acceptors (Lipinski definition) is 3. The largest absolute Gasteiger partial charge is 0.530 e. The number of aromatic nitrogens is 1. The number of carbonyl (C=O) groups excluding carboxylic acids is 1. The zero-order chi connectivity index (χ0) is 9.14. The normalized spacial score (nSPS) is 9.50. The first kappa shape index (κ1) is 9.53. The number of nitrogens with zero attached hydrogens (tertiary/aromatic N) is 1. The van der Waals surface area contributed by atoms with Crippen LogP contribution in [0.2, 0.25) is 5.15 Å². The Labute approximate surface area is 87.1 Å². The molecule has 1 amide bonds. The molecule has 12 heavy (non-hydrogen) atoms. The van der Waals surface area contributed by atoms with Crippen molar-refractivity contribution in [2.45, 2.75) is 0 Å². The molecule has 0 atom stereocenters. The average Bonchev–Trinajstić information content (AvgIpc) is 1.94. The highest BCUT2D eigenvalue weighted by atomic mass is 127. The lowest BCUT2D eigenvalue weighted by Crippen LogP contribution is -2.29. The molecule has 0 aromatic carbocycles. The van der Waals surface area contributed by atoms with Gasteiger partial charge >= 0.3 is 0 Å². The maximum Gasteiger partial charge on any atom is 0.138 e. The summed E-state index contributed by atoms with van der Waals surface area (Å²) in [5.41, 5.74) is 0.375. The quantitative estimate of drug-likeness (QED) is 0.623. The van der Waals surface area contributed by atoms with E-state index in [0.717, 1.165) is 0 Å². The Bertz CT molecular complexity index is 318. The highest BCUT2D eigenvalue weighted by Gasteiger charge is 2.00. The fourth-order valence-electron chi connectivity index (χ4n) is 0.609. The van der Waals surface area contributed by atoms with Gasteiger partial charge in [-0.25, -0.2) is 4.98 Å². The Morgan fingerprint density at radius 2 is 2.42 bits per heavy atom. The highest BCUT2D eigenvalue weighted by molar-refractivity contribution is 14.1. The van der Waals surface area contributed by atoms with E-state index in [1.165, 1.54) is 6.20 Å². The zero-order valence-corrected chi connectivity index (χ0v) is 8.59. The smallest absolute Gasteiger partial charge is 0.138 e. The van der Waals surface area contributed by atoms with E-state index in [0.29, 0.717) is 14.4 Å². The molecule has 0 fully saturated rings. The number of pyridine rings is 1. The number of amides is 1. The van der Waals surface area contributed by atoms with Crippen LogP contribution in [0.3, 0.4) is 0 Å². The summed E-state index contributed by atoms with van der Waals surface area (Å²) in [7, 11) is 0. The minimum atomic E-state index is -1.36. The monoisotopic (exact) mass is 297 g/mol. The third kappa shape index (κ3) is 2.49. The van der Waals surface area contributed by atoms with Gasteiger partial charge in [-0.05, 0) is 28.7 Å². The minimum absolute atomic E-state index is 0.322. The second-order valence-electron chi connectivity index (χ2n) is 1.90. The van der Waals surface area contributed by atoms with Gasteiger partial charge in [-0.1, -0.05) is 11.6 Å². The molecule has 0 saturated carbocycles. The molecule has 1 aromatic heterocycles. The number of nitrogens with one attached hydrogen (secondary N) is 1. The predicted molar refractivity (Wildman–Crippen MR) is 51.0 cm³/mol. The fraction of sp³-hybridized carbons (Fsp3) is 0. The van der Waals surface area contributed by atoms with E-state index in [9.17, 15) is 9.90 Å². The molecule has 1 heterocycles. The summed E-state index contributed by atoms with van der Waals surface area (Å²) in [5.74, 6) is 0. The Kier molecular flexibility index (Phi) is 3.10. The van der Waals surface area contributed by atoms with Crippen LogP contribution in [0.25, 0.3) is 0 Å². The van der Waals surface area contributed by atoms with E-state index in [1.54, 1.807) is 6.07 Å². The Morgan fingerprint density at radius 1 is 1.75 bits per heavy atom. The summed E-state index contributed by atoms with van der Waals surface area (Å²) in [6.07, 6.45) is -0.0306. The standard InChI is InChI=1S/C6H4ClIN2O2/c7-5-1-3(8)4(2-9-5)10-6(11)12/h1-2,10H,(H,11,12)/p-1. The van der Waals surface area contributed by atoms with Crippen molar-refractivity contribution in [2.24, 2.45) is 0 Å². The maximum absolute atomic E-state index is 10.1. The molecule has 1 N–H and O–H groups in total. The predicted octanol–water partition coefficient (Wildman–Crippen LogP) is 1.09. The first-order chi connectivity index (χ1) is 5.59. The number of rotatable bonds is 1. The first-order valence-corrected chi connectivity index (χ1v) is 4.34. The summed E-state index contributed by atoms with van der Waals surface area (Å²) in [4.78, 5) is 13.8. The Hall–Kier alpha value is -0.560. The lowest BCUT2D eigenvalue weighted by molar-refractivity contribution is -0.242. The summed E-state index contributed by atoms with van der Waals surface area (Å²) in [6, 6.07) is 1.55. The van der Waals surface area contributed by atoms with E-state index in [4.69, 9.17) is 11.6 Å². The topological polar surface area (TPSA) is 65.0 Å². The van der Waals surface area contributed by atoms with Crippen LogP contribution in [-0.2, 0) is 0 Å². The molecule has 0 aliphatic rings. The molecule has 0 unspecified atom stereocenters. The summed E-state index contributed by atoms with van der Waals surface area (Å²) in [5, 5.41) is 12.5. The van der Waals surface area contributed by atoms with Crippen LogP contribution in [0.15, 0.2) is 12.3 Å². The van der Waals surface area contributed by atoms with Crippen LogP contribution in [-0.4, -0.2) is 11.1 Å². The van der Waals surface area contributed by atoms with E-state index < -0.39 is 6.09 Å². The number of halogens is 2. The van der Waals surface area contributed by atoms with E-state index in [1.807, 2.05) is 22.6 Å². The molecule has 0 aliphatic heterocycles. The zero-order valence-electron chi connectivity index (χ0n) is 5.67. The van der Waals surface area contributed by atoms with Crippen molar-refractivity contribution in [1.29, 1.82) is 0 Å². The van der Waals surface area contributed by atoms with Crippen molar-refractivity contribution in [3.63, 3.8) is 0 Å². The van der Waals surface area contributed by atoms with E-state index >= 15 is 0 Å². The van der Waals surface area contributed by atoms with Crippen molar-refractivity contribution >= 4 is 46.0 Å². The van der Waals surface area contributed by atoms with Gasteiger partial charge < -0.3 is 15.2 Å². The van der Waals surface area contributed by atoms with Crippen LogP contribution >= 0.6 is 34.2 Å². The second kappa shape index (κ2) is 3.90. The molecule has 4 nitrogen and oxygen atoms in total. The molecule has 0 bridgehead atoms. The molecular weight excluding hydrogens is 294 g/mol. The van der Waals surface area contributed by atoms with Crippen molar-refractivity contribution in [3.8, 4) is 0 Å². The van der Waals surface area contributed by atoms with Crippen LogP contribution in [0.5, 0.6) is 0 Å². The van der Waals surface area contributed by atoms with Gasteiger partial charge in [-0.3, -0.25) is 0 Å². The number of hydrogen-bond donors (Lipinski definition) is 1. The molecule has 0 spiro atoms. The lowest BCUT2D eigenvalue weighted by atomic mass is 10.4. The van der Waals surface area contributed by atoms with Crippen molar-refractivity contribution in [1.82, 2.24) is 4.98 Å². The third-order valence-electron chi connectivity index (χ3n) is 1.06. The summed E-state index contributed by atoms with van der Waals surface area (Å²) >= 11 is 7.49. The summed E-state index contributed by atoms with van der Waals surface area (Å²) in [6.45, 7) is 0. The molecule has 0 aliphatic carbocycles. The SMILES string of the molecule is O=C([O-])Nc1cnc(Cl)cc1I. The number of anilines is 1. The van der Waals surface area contributed by atoms with Crippen LogP contribution in [0.1, 0.15) is 0 Å².